The number of hydrogen-bond acceptors (Lipinski definition) is 4. The van der Waals surface area contributed by atoms with Crippen molar-refractivity contribution in [1.29, 1.82) is 0 Å². The minimum Gasteiger partial charge on any atom is -0.389 e. The summed E-state index contributed by atoms with van der Waals surface area (Å²) in [4.78, 5) is -0.300. The van der Waals surface area contributed by atoms with Gasteiger partial charge in [-0.15, -0.1) is 0 Å². The van der Waals surface area contributed by atoms with Crippen LogP contribution < -0.4 is 11.1 Å². The molecule has 0 aliphatic heterocycles. The lowest BCUT2D eigenvalue weighted by Crippen LogP contribution is -2.27. The van der Waals surface area contributed by atoms with E-state index in [0.29, 0.717) is 18.8 Å². The third-order valence-electron chi connectivity index (χ3n) is 2.81. The van der Waals surface area contributed by atoms with E-state index in [-0.39, 0.29) is 16.7 Å². The van der Waals surface area contributed by atoms with Crippen molar-refractivity contribution in [3.63, 3.8) is 0 Å². The minimum atomic E-state index is -4.50. The smallest absolute Gasteiger partial charge is 0.389 e. The Morgan fingerprint density at radius 3 is 2.52 bits per heavy atom. The third-order valence-corrected chi connectivity index (χ3v) is 3.03. The van der Waals surface area contributed by atoms with Gasteiger partial charge < -0.3 is 20.5 Å². The molecule has 0 aliphatic rings. The molecule has 21 heavy (non-hydrogen) atoms. The van der Waals surface area contributed by atoms with Gasteiger partial charge in [0.15, 0.2) is 0 Å². The van der Waals surface area contributed by atoms with Gasteiger partial charge in [-0.25, -0.2) is 0 Å². The number of halogens is 3. The fraction of sp³-hybridized carbons (Fsp3) is 0.462. The van der Waals surface area contributed by atoms with Crippen LogP contribution in [0.2, 0.25) is 0 Å². The predicted molar refractivity (Wildman–Crippen MR) is 78.5 cm³/mol. The van der Waals surface area contributed by atoms with E-state index < -0.39 is 11.7 Å². The van der Waals surface area contributed by atoms with Crippen molar-refractivity contribution in [3.8, 4) is 0 Å². The summed E-state index contributed by atoms with van der Waals surface area (Å²) < 4.78 is 48.6. The van der Waals surface area contributed by atoms with Crippen LogP contribution in [0, 0.1) is 0 Å². The number of methoxy groups -OCH3 is 2. The molecule has 0 bridgehead atoms. The molecule has 0 spiro atoms. The normalized spacial score (nSPS) is 13.0. The Labute approximate surface area is 126 Å². The molecule has 118 valence electrons. The number of alkyl halides is 3. The quantitative estimate of drug-likeness (QED) is 0.755. The molecule has 0 amide bonds. The highest BCUT2D eigenvalue weighted by molar-refractivity contribution is 7.80. The molecule has 0 radical (unpaired) electrons. The van der Waals surface area contributed by atoms with Gasteiger partial charge in [0, 0.05) is 32.0 Å². The lowest BCUT2D eigenvalue weighted by Gasteiger charge is -2.18. The van der Waals surface area contributed by atoms with Crippen LogP contribution in [0.15, 0.2) is 18.2 Å². The molecule has 0 fully saturated rings. The topological polar surface area (TPSA) is 56.5 Å². The maximum atomic E-state index is 12.8. The van der Waals surface area contributed by atoms with E-state index in [4.69, 9.17) is 15.2 Å². The Hall–Kier alpha value is -1.38. The average Bonchev–Trinajstić information content (AvgIpc) is 2.42. The van der Waals surface area contributed by atoms with Crippen molar-refractivity contribution in [3.05, 3.63) is 29.3 Å². The molecule has 1 aromatic rings. The van der Waals surface area contributed by atoms with E-state index in [1.54, 1.807) is 0 Å². The first-order valence-corrected chi connectivity index (χ1v) is 6.47. The standard InChI is InChI=1S/C13H17F3N2O2S/c1-19-7-9(20-2)6-18-8-3-4-11(13(14,15)16)10(5-8)12(17)21/h3-5,9,18H,6-7H2,1-2H3,(H2,17,21). The molecule has 0 saturated heterocycles. The molecule has 1 rings (SSSR count). The highest BCUT2D eigenvalue weighted by Crippen LogP contribution is 2.33. The summed E-state index contributed by atoms with van der Waals surface area (Å²) >= 11 is 4.68. The number of hydrogen-bond donors (Lipinski definition) is 2. The first-order chi connectivity index (χ1) is 9.79. The Morgan fingerprint density at radius 2 is 2.05 bits per heavy atom. The zero-order valence-corrected chi connectivity index (χ0v) is 12.5. The zero-order chi connectivity index (χ0) is 16.0. The van der Waals surface area contributed by atoms with Gasteiger partial charge in [-0.05, 0) is 18.2 Å². The number of nitrogens with two attached hydrogens (primary N) is 1. The van der Waals surface area contributed by atoms with Crippen LogP contribution >= 0.6 is 12.2 Å². The van der Waals surface area contributed by atoms with Crippen molar-refractivity contribution in [2.24, 2.45) is 5.73 Å². The summed E-state index contributed by atoms with van der Waals surface area (Å²) in [5.41, 5.74) is 4.79. The highest BCUT2D eigenvalue weighted by atomic mass is 32.1. The average molecular weight is 322 g/mol. The van der Waals surface area contributed by atoms with Gasteiger partial charge in [0.05, 0.1) is 18.3 Å². The largest absolute Gasteiger partial charge is 0.417 e. The second kappa shape index (κ2) is 7.58. The highest BCUT2D eigenvalue weighted by Gasteiger charge is 2.34. The summed E-state index contributed by atoms with van der Waals surface area (Å²) in [7, 11) is 3.06. The molecule has 0 aromatic heterocycles. The summed E-state index contributed by atoms with van der Waals surface area (Å²) in [6.45, 7) is 0.749. The van der Waals surface area contributed by atoms with Crippen LogP contribution in [0.3, 0.4) is 0 Å². The van der Waals surface area contributed by atoms with Gasteiger partial charge in [-0.1, -0.05) is 12.2 Å². The van der Waals surface area contributed by atoms with E-state index in [2.05, 4.69) is 17.5 Å². The molecule has 4 nitrogen and oxygen atoms in total. The molecule has 3 N–H and O–H groups in total. The van der Waals surface area contributed by atoms with Crippen molar-refractivity contribution in [2.45, 2.75) is 12.3 Å². The van der Waals surface area contributed by atoms with E-state index in [9.17, 15) is 13.2 Å². The van der Waals surface area contributed by atoms with E-state index in [1.165, 1.54) is 26.4 Å². The Morgan fingerprint density at radius 1 is 1.38 bits per heavy atom. The lowest BCUT2D eigenvalue weighted by atomic mass is 10.1. The van der Waals surface area contributed by atoms with Crippen molar-refractivity contribution < 1.29 is 22.6 Å². The van der Waals surface area contributed by atoms with Crippen LogP contribution in [0.1, 0.15) is 11.1 Å². The molecule has 0 aliphatic carbocycles. The number of ether oxygens (including phenoxy) is 2. The SMILES string of the molecule is COCC(CNc1ccc(C(F)(F)F)c(C(N)=S)c1)OC. The molecule has 1 unspecified atom stereocenters. The summed E-state index contributed by atoms with van der Waals surface area (Å²) in [5.74, 6) is 0. The van der Waals surface area contributed by atoms with Gasteiger partial charge in [0.25, 0.3) is 0 Å². The number of nitrogens with one attached hydrogen (secondary N) is 1. The molecular formula is C13H17F3N2O2S. The van der Waals surface area contributed by atoms with Crippen molar-refractivity contribution in [1.82, 2.24) is 0 Å². The fourth-order valence-corrected chi connectivity index (χ4v) is 1.90. The maximum absolute atomic E-state index is 12.8. The van der Waals surface area contributed by atoms with Gasteiger partial charge >= 0.3 is 6.18 Å². The fourth-order valence-electron chi connectivity index (χ4n) is 1.73. The van der Waals surface area contributed by atoms with Gasteiger partial charge in [0.2, 0.25) is 0 Å². The van der Waals surface area contributed by atoms with Crippen LogP contribution in [0.5, 0.6) is 0 Å². The number of thiocarbonyl (C=S) groups is 1. The van der Waals surface area contributed by atoms with Crippen LogP contribution in [0.4, 0.5) is 18.9 Å². The Kier molecular flexibility index (Phi) is 6.38. The first-order valence-electron chi connectivity index (χ1n) is 6.06. The van der Waals surface area contributed by atoms with Crippen molar-refractivity contribution in [2.75, 3.05) is 32.7 Å². The van der Waals surface area contributed by atoms with E-state index in [1.807, 2.05) is 0 Å². The molecular weight excluding hydrogens is 305 g/mol. The minimum absolute atomic E-state index is 0.205. The van der Waals surface area contributed by atoms with Crippen molar-refractivity contribution >= 4 is 22.9 Å². The molecule has 1 aromatic carbocycles. The van der Waals surface area contributed by atoms with Crippen LogP contribution in [0.25, 0.3) is 0 Å². The van der Waals surface area contributed by atoms with Crippen LogP contribution in [-0.4, -0.2) is 38.5 Å². The molecule has 0 saturated carbocycles. The lowest BCUT2D eigenvalue weighted by molar-refractivity contribution is -0.137. The summed E-state index contributed by atoms with van der Waals surface area (Å²) in [6.07, 6.45) is -4.71. The van der Waals surface area contributed by atoms with Gasteiger partial charge in [-0.3, -0.25) is 0 Å². The monoisotopic (exact) mass is 322 g/mol. The zero-order valence-electron chi connectivity index (χ0n) is 11.7. The maximum Gasteiger partial charge on any atom is 0.417 e. The van der Waals surface area contributed by atoms with E-state index >= 15 is 0 Å². The molecule has 1 atom stereocenters. The number of benzene rings is 1. The molecule has 0 heterocycles. The number of anilines is 1. The predicted octanol–water partition coefficient (Wildman–Crippen LogP) is 2.41. The van der Waals surface area contributed by atoms with Crippen LogP contribution in [-0.2, 0) is 15.7 Å². The Balaban J connectivity index is 2.91. The first kappa shape index (κ1) is 17.7. The van der Waals surface area contributed by atoms with Gasteiger partial charge in [-0.2, -0.15) is 13.2 Å². The second-order valence-electron chi connectivity index (χ2n) is 4.32. The number of rotatable bonds is 7. The third kappa shape index (κ3) is 5.14. The summed E-state index contributed by atoms with van der Waals surface area (Å²) in [6, 6.07) is 3.56. The molecule has 8 heteroatoms. The van der Waals surface area contributed by atoms with E-state index in [0.717, 1.165) is 6.07 Å². The Bertz CT molecular complexity index is 495. The van der Waals surface area contributed by atoms with Gasteiger partial charge in [0.1, 0.15) is 4.99 Å². The summed E-state index contributed by atoms with van der Waals surface area (Å²) in [5, 5.41) is 2.97. The second-order valence-corrected chi connectivity index (χ2v) is 4.76.